The van der Waals surface area contributed by atoms with Crippen molar-refractivity contribution in [3.63, 3.8) is 0 Å². The molecule has 5 heteroatoms. The van der Waals surface area contributed by atoms with E-state index in [0.29, 0.717) is 0 Å². The average molecular weight is 270 g/mol. The van der Waals surface area contributed by atoms with Crippen LogP contribution in [0.2, 0.25) is 0 Å². The van der Waals surface area contributed by atoms with Crippen molar-refractivity contribution in [2.75, 3.05) is 12.3 Å². The van der Waals surface area contributed by atoms with E-state index in [1.807, 2.05) is 26.8 Å². The van der Waals surface area contributed by atoms with Crippen LogP contribution in [0.5, 0.6) is 0 Å². The van der Waals surface area contributed by atoms with Crippen LogP contribution < -0.4 is 11.1 Å². The molecule has 1 aromatic heterocycles. The fourth-order valence-electron chi connectivity index (χ4n) is 1.82. The Kier molecular flexibility index (Phi) is 5.75. The molecule has 1 unspecified atom stereocenters. The lowest BCUT2D eigenvalue weighted by Gasteiger charge is -2.26. The van der Waals surface area contributed by atoms with Gasteiger partial charge in [0.1, 0.15) is 5.76 Å². The minimum absolute atomic E-state index is 0.283. The normalized spacial score (nSPS) is 14.4. The minimum atomic E-state index is -0.596. The number of primary amides is 1. The third-order valence-corrected chi connectivity index (χ3v) is 4.23. The van der Waals surface area contributed by atoms with Gasteiger partial charge < -0.3 is 15.5 Å². The van der Waals surface area contributed by atoms with E-state index in [0.717, 1.165) is 30.9 Å². The molecule has 0 aliphatic carbocycles. The summed E-state index contributed by atoms with van der Waals surface area (Å²) in [5, 5.41) is 3.16. The van der Waals surface area contributed by atoms with Gasteiger partial charge in [-0.05, 0) is 45.1 Å². The third kappa shape index (κ3) is 4.07. The number of hydrogen-bond donors (Lipinski definition) is 2. The van der Waals surface area contributed by atoms with Gasteiger partial charge in [0.2, 0.25) is 5.91 Å². The number of amides is 1. The second kappa shape index (κ2) is 6.85. The van der Waals surface area contributed by atoms with Crippen molar-refractivity contribution in [1.82, 2.24) is 5.32 Å². The summed E-state index contributed by atoms with van der Waals surface area (Å²) < 4.78 is 5.23. The first kappa shape index (κ1) is 15.1. The molecule has 1 atom stereocenters. The fraction of sp³-hybridized carbons (Fsp3) is 0.615. The van der Waals surface area contributed by atoms with E-state index in [1.165, 1.54) is 4.90 Å². The number of rotatable bonds is 8. The number of aryl methyl sites for hydroxylation is 1. The summed E-state index contributed by atoms with van der Waals surface area (Å²) in [6.07, 6.45) is 3.38. The molecule has 1 amide bonds. The lowest BCUT2D eigenvalue weighted by molar-refractivity contribution is -0.124. The number of nitrogens with one attached hydrogen (secondary N) is 1. The molecule has 0 aliphatic rings. The Bertz CT molecular complexity index is 392. The molecule has 3 N–H and O–H groups in total. The maximum Gasteiger partial charge on any atom is 0.237 e. The summed E-state index contributed by atoms with van der Waals surface area (Å²) in [6, 6.07) is 1.97. The first-order chi connectivity index (χ1) is 8.49. The highest BCUT2D eigenvalue weighted by Crippen LogP contribution is 2.25. The van der Waals surface area contributed by atoms with Crippen LogP contribution in [0.4, 0.5) is 0 Å². The highest BCUT2D eigenvalue weighted by molar-refractivity contribution is 7.99. The van der Waals surface area contributed by atoms with Crippen molar-refractivity contribution in [3.8, 4) is 0 Å². The summed E-state index contributed by atoms with van der Waals surface area (Å²) in [5.41, 5.74) is 4.84. The summed E-state index contributed by atoms with van der Waals surface area (Å²) in [6.45, 7) is 6.54. The number of hydrogen-bond acceptors (Lipinski definition) is 4. The van der Waals surface area contributed by atoms with E-state index < -0.39 is 5.54 Å². The van der Waals surface area contributed by atoms with Crippen molar-refractivity contribution in [1.29, 1.82) is 0 Å². The average Bonchev–Trinajstić information content (AvgIpc) is 2.71. The molecule has 0 saturated carbocycles. The first-order valence-electron chi connectivity index (χ1n) is 6.21. The smallest absolute Gasteiger partial charge is 0.237 e. The zero-order valence-electron chi connectivity index (χ0n) is 11.3. The van der Waals surface area contributed by atoms with Gasteiger partial charge in [0.25, 0.3) is 0 Å². The van der Waals surface area contributed by atoms with Gasteiger partial charge in [-0.25, -0.2) is 0 Å². The molecule has 0 saturated heterocycles. The summed E-state index contributed by atoms with van der Waals surface area (Å²) in [4.78, 5) is 12.6. The van der Waals surface area contributed by atoms with Crippen LogP contribution in [0.3, 0.4) is 0 Å². The predicted molar refractivity (Wildman–Crippen MR) is 74.7 cm³/mol. The number of nitrogens with two attached hydrogens (primary N) is 1. The van der Waals surface area contributed by atoms with E-state index in [-0.39, 0.29) is 5.91 Å². The number of thioether (sulfide) groups is 1. The second-order valence-electron chi connectivity index (χ2n) is 4.52. The molecule has 1 heterocycles. The molecule has 0 fully saturated rings. The number of likely N-dealkylation sites (N-methyl/N-ethyl adjacent to an activating group) is 1. The summed E-state index contributed by atoms with van der Waals surface area (Å²) in [5.74, 6) is 1.62. The Labute approximate surface area is 113 Å². The molecule has 0 radical (unpaired) electrons. The monoisotopic (exact) mass is 270 g/mol. The molecule has 0 spiro atoms. The van der Waals surface area contributed by atoms with Gasteiger partial charge in [-0.1, -0.05) is 6.92 Å². The highest BCUT2D eigenvalue weighted by atomic mass is 32.2. The number of carbonyl (C=O) groups excluding carboxylic acids is 1. The Morgan fingerprint density at radius 1 is 1.61 bits per heavy atom. The molecule has 4 nitrogen and oxygen atoms in total. The lowest BCUT2D eigenvalue weighted by atomic mass is 9.95. The van der Waals surface area contributed by atoms with E-state index in [1.54, 1.807) is 18.0 Å². The quantitative estimate of drug-likeness (QED) is 0.562. The highest BCUT2D eigenvalue weighted by Gasteiger charge is 2.28. The van der Waals surface area contributed by atoms with Gasteiger partial charge >= 0.3 is 0 Å². The molecule has 18 heavy (non-hydrogen) atoms. The van der Waals surface area contributed by atoms with Crippen molar-refractivity contribution in [2.24, 2.45) is 5.73 Å². The minimum Gasteiger partial charge on any atom is -0.468 e. The molecule has 0 aromatic carbocycles. The summed E-state index contributed by atoms with van der Waals surface area (Å²) in [7, 11) is 0. The van der Waals surface area contributed by atoms with Crippen molar-refractivity contribution in [3.05, 3.63) is 18.1 Å². The topological polar surface area (TPSA) is 68.3 Å². The molecule has 102 valence electrons. The molecule has 0 aliphatic heterocycles. The van der Waals surface area contributed by atoms with E-state index in [4.69, 9.17) is 10.2 Å². The zero-order chi connectivity index (χ0) is 13.6. The maximum absolute atomic E-state index is 11.4. The molecular formula is C13H22N2O2S. The van der Waals surface area contributed by atoms with Crippen molar-refractivity contribution < 1.29 is 9.21 Å². The number of carbonyl (C=O) groups is 1. The fourth-order valence-corrected chi connectivity index (χ4v) is 2.73. The van der Waals surface area contributed by atoms with Crippen LogP contribution in [-0.4, -0.2) is 23.7 Å². The van der Waals surface area contributed by atoms with Crippen LogP contribution in [-0.2, 0) is 4.79 Å². The lowest BCUT2D eigenvalue weighted by Crippen LogP contribution is -2.53. The molecule has 1 aromatic rings. The molecule has 0 bridgehead atoms. The Balaban J connectivity index is 2.36. The summed E-state index contributed by atoms with van der Waals surface area (Å²) >= 11 is 1.75. The van der Waals surface area contributed by atoms with Crippen LogP contribution in [0.1, 0.15) is 32.4 Å². The van der Waals surface area contributed by atoms with Crippen molar-refractivity contribution in [2.45, 2.75) is 44.0 Å². The van der Waals surface area contributed by atoms with Gasteiger partial charge in [-0.2, -0.15) is 0 Å². The van der Waals surface area contributed by atoms with E-state index in [9.17, 15) is 4.79 Å². The van der Waals surface area contributed by atoms with Gasteiger partial charge in [-0.15, -0.1) is 11.8 Å². The van der Waals surface area contributed by atoms with Crippen LogP contribution in [0.15, 0.2) is 21.6 Å². The van der Waals surface area contributed by atoms with Crippen LogP contribution in [0, 0.1) is 6.92 Å². The largest absolute Gasteiger partial charge is 0.468 e. The zero-order valence-corrected chi connectivity index (χ0v) is 12.1. The Morgan fingerprint density at radius 2 is 2.33 bits per heavy atom. The molecule has 1 rings (SSSR count). The van der Waals surface area contributed by atoms with Crippen LogP contribution >= 0.6 is 11.8 Å². The van der Waals surface area contributed by atoms with Crippen LogP contribution in [0.25, 0.3) is 0 Å². The van der Waals surface area contributed by atoms with E-state index >= 15 is 0 Å². The standard InChI is InChI=1S/C13H22N2O2S/c1-4-15-13(3,12(14)16)7-5-9-18-11-6-8-17-10(11)2/h6,8,15H,4-5,7,9H2,1-3H3,(H2,14,16). The maximum atomic E-state index is 11.4. The first-order valence-corrected chi connectivity index (χ1v) is 7.20. The van der Waals surface area contributed by atoms with Gasteiger partial charge in [0.05, 0.1) is 11.8 Å². The number of furan rings is 1. The van der Waals surface area contributed by atoms with E-state index in [2.05, 4.69) is 5.32 Å². The van der Waals surface area contributed by atoms with Gasteiger partial charge in [0, 0.05) is 4.90 Å². The van der Waals surface area contributed by atoms with Crippen molar-refractivity contribution >= 4 is 17.7 Å². The van der Waals surface area contributed by atoms with Gasteiger partial charge in [0.15, 0.2) is 0 Å². The van der Waals surface area contributed by atoms with Gasteiger partial charge in [-0.3, -0.25) is 4.79 Å². The Hall–Kier alpha value is -0.940. The predicted octanol–water partition coefficient (Wildman–Crippen LogP) is 2.31. The molecular weight excluding hydrogens is 248 g/mol. The Morgan fingerprint density at radius 3 is 2.83 bits per heavy atom. The third-order valence-electron chi connectivity index (χ3n) is 3.00. The SMILES string of the molecule is CCNC(C)(CCCSc1ccoc1C)C(N)=O. The second-order valence-corrected chi connectivity index (χ2v) is 5.66.